The van der Waals surface area contributed by atoms with Gasteiger partial charge in [-0.25, -0.2) is 0 Å². The minimum absolute atomic E-state index is 0.115. The maximum atomic E-state index is 10.7. The Hall–Kier alpha value is -1.35. The smallest absolute Gasteiger partial charge is 0.307 e. The van der Waals surface area contributed by atoms with Gasteiger partial charge in [-0.05, 0) is 42.5 Å². The summed E-state index contributed by atoms with van der Waals surface area (Å²) in [6.45, 7) is 4.41. The van der Waals surface area contributed by atoms with Gasteiger partial charge in [0.25, 0.3) is 0 Å². The van der Waals surface area contributed by atoms with Crippen LogP contribution in [0.5, 0.6) is 0 Å². The third kappa shape index (κ3) is 3.07. The molecule has 0 aliphatic carbocycles. The van der Waals surface area contributed by atoms with Gasteiger partial charge < -0.3 is 10.4 Å². The number of benzene rings is 1. The van der Waals surface area contributed by atoms with Crippen molar-refractivity contribution >= 4 is 5.97 Å². The minimum atomic E-state index is -0.766. The third-order valence-electron chi connectivity index (χ3n) is 3.64. The Morgan fingerprint density at radius 1 is 1.59 bits per heavy atom. The number of aliphatic carboxylic acids is 1. The summed E-state index contributed by atoms with van der Waals surface area (Å²) in [4.78, 5) is 10.7. The average Bonchev–Trinajstić information content (AvgIpc) is 2.81. The molecule has 1 aliphatic heterocycles. The first-order valence-electron chi connectivity index (χ1n) is 6.18. The fourth-order valence-corrected chi connectivity index (χ4v) is 2.54. The van der Waals surface area contributed by atoms with E-state index in [4.69, 9.17) is 5.11 Å². The molecule has 17 heavy (non-hydrogen) atoms. The largest absolute Gasteiger partial charge is 0.481 e. The van der Waals surface area contributed by atoms with Crippen molar-refractivity contribution in [1.29, 1.82) is 0 Å². The second-order valence-electron chi connectivity index (χ2n) is 4.86. The molecule has 1 heterocycles. The highest BCUT2D eigenvalue weighted by Gasteiger charge is 2.22. The van der Waals surface area contributed by atoms with Crippen molar-refractivity contribution in [3.05, 3.63) is 35.4 Å². The standard InChI is InChI=1S/C14H19NO2/c1-10(13-5-6-15-9-13)12-4-2-3-11(7-12)8-14(16)17/h2-4,7,10,13,15H,5-6,8-9H2,1H3,(H,16,17). The molecule has 92 valence electrons. The number of nitrogens with one attached hydrogen (secondary N) is 1. The summed E-state index contributed by atoms with van der Waals surface area (Å²) >= 11 is 0. The number of carboxylic acid groups (broad SMARTS) is 1. The highest BCUT2D eigenvalue weighted by Crippen LogP contribution is 2.28. The lowest BCUT2D eigenvalue weighted by Gasteiger charge is -2.19. The van der Waals surface area contributed by atoms with Gasteiger partial charge in [0.1, 0.15) is 0 Å². The van der Waals surface area contributed by atoms with E-state index in [0.29, 0.717) is 11.8 Å². The monoisotopic (exact) mass is 233 g/mol. The summed E-state index contributed by atoms with van der Waals surface area (Å²) in [5.41, 5.74) is 2.16. The molecule has 1 aromatic carbocycles. The topological polar surface area (TPSA) is 49.3 Å². The molecule has 0 amide bonds. The van der Waals surface area contributed by atoms with Crippen LogP contribution in [0.2, 0.25) is 0 Å². The molecule has 2 N–H and O–H groups in total. The van der Waals surface area contributed by atoms with Crippen LogP contribution in [-0.2, 0) is 11.2 Å². The molecule has 0 aromatic heterocycles. The van der Waals surface area contributed by atoms with E-state index in [2.05, 4.69) is 18.3 Å². The first-order valence-corrected chi connectivity index (χ1v) is 6.18. The molecule has 3 heteroatoms. The Labute approximate surface area is 102 Å². The van der Waals surface area contributed by atoms with Gasteiger partial charge in [0.05, 0.1) is 6.42 Å². The average molecular weight is 233 g/mol. The Bertz CT molecular complexity index is 397. The van der Waals surface area contributed by atoms with E-state index in [1.54, 1.807) is 0 Å². The molecule has 1 aromatic rings. The highest BCUT2D eigenvalue weighted by atomic mass is 16.4. The zero-order valence-electron chi connectivity index (χ0n) is 10.1. The molecule has 0 spiro atoms. The van der Waals surface area contributed by atoms with Crippen molar-refractivity contribution in [2.45, 2.75) is 25.7 Å². The van der Waals surface area contributed by atoms with E-state index in [1.807, 2.05) is 18.2 Å². The first-order chi connectivity index (χ1) is 8.16. The van der Waals surface area contributed by atoms with Crippen LogP contribution in [-0.4, -0.2) is 24.2 Å². The lowest BCUT2D eigenvalue weighted by atomic mass is 9.86. The van der Waals surface area contributed by atoms with Crippen molar-refractivity contribution in [2.24, 2.45) is 5.92 Å². The summed E-state index contributed by atoms with van der Waals surface area (Å²) < 4.78 is 0. The van der Waals surface area contributed by atoms with Crippen molar-refractivity contribution < 1.29 is 9.90 Å². The summed E-state index contributed by atoms with van der Waals surface area (Å²) in [6.07, 6.45) is 1.33. The summed E-state index contributed by atoms with van der Waals surface area (Å²) in [6, 6.07) is 8.00. The van der Waals surface area contributed by atoms with Crippen LogP contribution in [0.1, 0.15) is 30.4 Å². The van der Waals surface area contributed by atoms with Gasteiger partial charge in [-0.2, -0.15) is 0 Å². The SMILES string of the molecule is CC(c1cccc(CC(=O)O)c1)C1CCNC1. The van der Waals surface area contributed by atoms with E-state index in [0.717, 1.165) is 18.7 Å². The number of carbonyl (C=O) groups is 1. The van der Waals surface area contributed by atoms with Gasteiger partial charge in [-0.3, -0.25) is 4.79 Å². The molecule has 2 rings (SSSR count). The first kappa shape index (κ1) is 12.1. The number of carboxylic acids is 1. The van der Waals surface area contributed by atoms with E-state index in [1.165, 1.54) is 12.0 Å². The van der Waals surface area contributed by atoms with Gasteiger partial charge in [-0.15, -0.1) is 0 Å². The van der Waals surface area contributed by atoms with Crippen LogP contribution < -0.4 is 5.32 Å². The minimum Gasteiger partial charge on any atom is -0.481 e. The molecule has 2 atom stereocenters. The third-order valence-corrected chi connectivity index (χ3v) is 3.64. The molecule has 1 saturated heterocycles. The molecular formula is C14H19NO2. The summed E-state index contributed by atoms with van der Waals surface area (Å²) in [5.74, 6) is 0.408. The van der Waals surface area contributed by atoms with Crippen molar-refractivity contribution in [3.63, 3.8) is 0 Å². The predicted molar refractivity (Wildman–Crippen MR) is 67.2 cm³/mol. The zero-order chi connectivity index (χ0) is 12.3. The van der Waals surface area contributed by atoms with Crippen LogP contribution in [0.25, 0.3) is 0 Å². The Morgan fingerprint density at radius 3 is 3.06 bits per heavy atom. The van der Waals surface area contributed by atoms with E-state index in [-0.39, 0.29) is 6.42 Å². The van der Waals surface area contributed by atoms with Crippen LogP contribution in [0.4, 0.5) is 0 Å². The van der Waals surface area contributed by atoms with Crippen molar-refractivity contribution in [2.75, 3.05) is 13.1 Å². The van der Waals surface area contributed by atoms with E-state index >= 15 is 0 Å². The molecule has 2 unspecified atom stereocenters. The second-order valence-corrected chi connectivity index (χ2v) is 4.86. The molecule has 0 bridgehead atoms. The molecule has 0 saturated carbocycles. The Morgan fingerprint density at radius 2 is 2.41 bits per heavy atom. The summed E-state index contributed by atoms with van der Waals surface area (Å²) in [7, 11) is 0. The maximum Gasteiger partial charge on any atom is 0.307 e. The Balaban J connectivity index is 2.11. The van der Waals surface area contributed by atoms with Gasteiger partial charge >= 0.3 is 5.97 Å². The molecule has 3 nitrogen and oxygen atoms in total. The maximum absolute atomic E-state index is 10.7. The van der Waals surface area contributed by atoms with Crippen molar-refractivity contribution in [1.82, 2.24) is 5.32 Å². The van der Waals surface area contributed by atoms with Crippen LogP contribution >= 0.6 is 0 Å². The van der Waals surface area contributed by atoms with Gasteiger partial charge in [0, 0.05) is 0 Å². The zero-order valence-corrected chi connectivity index (χ0v) is 10.1. The number of hydrogen-bond donors (Lipinski definition) is 2. The molecule has 1 aliphatic rings. The lowest BCUT2D eigenvalue weighted by Crippen LogP contribution is -2.14. The number of hydrogen-bond acceptors (Lipinski definition) is 2. The van der Waals surface area contributed by atoms with Gasteiger partial charge in [0.2, 0.25) is 0 Å². The number of rotatable bonds is 4. The predicted octanol–water partition coefficient (Wildman–Crippen LogP) is 2.03. The van der Waals surface area contributed by atoms with E-state index in [9.17, 15) is 4.79 Å². The van der Waals surface area contributed by atoms with Gasteiger partial charge in [0.15, 0.2) is 0 Å². The van der Waals surface area contributed by atoms with Crippen LogP contribution in [0, 0.1) is 5.92 Å². The fraction of sp³-hybridized carbons (Fsp3) is 0.500. The quantitative estimate of drug-likeness (QED) is 0.836. The summed E-state index contributed by atoms with van der Waals surface area (Å²) in [5, 5.41) is 12.2. The highest BCUT2D eigenvalue weighted by molar-refractivity contribution is 5.70. The van der Waals surface area contributed by atoms with Crippen LogP contribution in [0.15, 0.2) is 24.3 Å². The van der Waals surface area contributed by atoms with Crippen molar-refractivity contribution in [3.8, 4) is 0 Å². The normalized spacial score (nSPS) is 21.4. The Kier molecular flexibility index (Phi) is 3.79. The molecular weight excluding hydrogens is 214 g/mol. The molecule has 1 fully saturated rings. The van der Waals surface area contributed by atoms with Crippen LogP contribution in [0.3, 0.4) is 0 Å². The van der Waals surface area contributed by atoms with Gasteiger partial charge in [-0.1, -0.05) is 31.2 Å². The van der Waals surface area contributed by atoms with E-state index < -0.39 is 5.97 Å². The molecule has 0 radical (unpaired) electrons. The fourth-order valence-electron chi connectivity index (χ4n) is 2.54. The second kappa shape index (κ2) is 5.32. The lowest BCUT2D eigenvalue weighted by molar-refractivity contribution is -0.136.